The lowest BCUT2D eigenvalue weighted by Crippen LogP contribution is -2.06. The molecular formula is C23H13ClFN3O. The third kappa shape index (κ3) is 3.54. The van der Waals surface area contributed by atoms with Crippen LogP contribution in [0, 0.1) is 17.1 Å². The van der Waals surface area contributed by atoms with Crippen molar-refractivity contribution in [3.63, 3.8) is 0 Å². The van der Waals surface area contributed by atoms with E-state index in [0.29, 0.717) is 27.5 Å². The largest absolute Gasteiger partial charge is 0.288 e. The molecular weight excluding hydrogens is 389 g/mol. The van der Waals surface area contributed by atoms with Crippen LogP contribution in [0.25, 0.3) is 16.9 Å². The second kappa shape index (κ2) is 7.70. The maximum absolute atomic E-state index is 13.4. The van der Waals surface area contributed by atoms with Crippen LogP contribution in [-0.2, 0) is 0 Å². The highest BCUT2D eigenvalue weighted by molar-refractivity contribution is 6.30. The molecule has 0 aliphatic heterocycles. The Labute approximate surface area is 171 Å². The minimum Gasteiger partial charge on any atom is -0.288 e. The first kappa shape index (κ1) is 18.6. The summed E-state index contributed by atoms with van der Waals surface area (Å²) < 4.78 is 14.9. The Morgan fingerprint density at radius 3 is 2.24 bits per heavy atom. The molecule has 140 valence electrons. The maximum Gasteiger partial charge on any atom is 0.198 e. The number of carbonyl (C=O) groups is 1. The van der Waals surface area contributed by atoms with Crippen molar-refractivity contribution in [1.82, 2.24) is 9.78 Å². The van der Waals surface area contributed by atoms with E-state index in [4.69, 9.17) is 11.6 Å². The van der Waals surface area contributed by atoms with Gasteiger partial charge in [-0.3, -0.25) is 4.79 Å². The molecule has 4 rings (SSSR count). The van der Waals surface area contributed by atoms with Crippen molar-refractivity contribution in [1.29, 1.82) is 5.26 Å². The lowest BCUT2D eigenvalue weighted by atomic mass is 9.98. The van der Waals surface area contributed by atoms with E-state index in [9.17, 15) is 14.4 Å². The minimum absolute atomic E-state index is 0.107. The van der Waals surface area contributed by atoms with Crippen molar-refractivity contribution in [2.45, 2.75) is 0 Å². The molecule has 3 aromatic carbocycles. The minimum atomic E-state index is -0.401. The predicted octanol–water partition coefficient (Wildman–Crippen LogP) is 5.43. The number of hydrogen-bond donors (Lipinski definition) is 0. The number of nitriles is 1. The average Bonchev–Trinajstić information content (AvgIpc) is 3.14. The van der Waals surface area contributed by atoms with Gasteiger partial charge in [-0.25, -0.2) is 9.07 Å². The van der Waals surface area contributed by atoms with Gasteiger partial charge in [0.1, 0.15) is 17.6 Å². The third-order valence-electron chi connectivity index (χ3n) is 4.44. The van der Waals surface area contributed by atoms with Crippen LogP contribution in [0.2, 0.25) is 5.02 Å². The van der Waals surface area contributed by atoms with Crippen LogP contribution < -0.4 is 0 Å². The molecule has 0 atom stereocenters. The van der Waals surface area contributed by atoms with Gasteiger partial charge in [-0.15, -0.1) is 0 Å². The number of carbonyl (C=O) groups excluding carboxylic acids is 1. The van der Waals surface area contributed by atoms with Crippen LogP contribution in [-0.4, -0.2) is 15.6 Å². The summed E-state index contributed by atoms with van der Waals surface area (Å²) in [4.78, 5) is 13.3. The highest BCUT2D eigenvalue weighted by Gasteiger charge is 2.26. The number of rotatable bonds is 4. The number of ketones is 1. The topological polar surface area (TPSA) is 58.7 Å². The smallest absolute Gasteiger partial charge is 0.198 e. The van der Waals surface area contributed by atoms with Gasteiger partial charge in [0, 0.05) is 16.1 Å². The molecule has 0 saturated carbocycles. The molecule has 0 saturated heterocycles. The van der Waals surface area contributed by atoms with Gasteiger partial charge in [0.2, 0.25) is 0 Å². The summed E-state index contributed by atoms with van der Waals surface area (Å²) >= 11 is 5.93. The molecule has 0 aliphatic carbocycles. The lowest BCUT2D eigenvalue weighted by Gasteiger charge is -2.04. The molecule has 1 heterocycles. The van der Waals surface area contributed by atoms with Crippen molar-refractivity contribution in [2.75, 3.05) is 0 Å². The first-order valence-electron chi connectivity index (χ1n) is 8.73. The summed E-state index contributed by atoms with van der Waals surface area (Å²) in [5.41, 5.74) is 2.13. The molecule has 0 amide bonds. The van der Waals surface area contributed by atoms with Crippen molar-refractivity contribution in [2.24, 2.45) is 0 Å². The Hall–Kier alpha value is -3.75. The molecule has 0 aliphatic rings. The summed E-state index contributed by atoms with van der Waals surface area (Å²) in [6.45, 7) is 0. The molecule has 0 radical (unpaired) electrons. The molecule has 0 bridgehead atoms. The van der Waals surface area contributed by atoms with Crippen LogP contribution in [0.1, 0.15) is 21.6 Å². The quantitative estimate of drug-likeness (QED) is 0.428. The fraction of sp³-hybridized carbons (Fsp3) is 0. The molecule has 0 unspecified atom stereocenters. The van der Waals surface area contributed by atoms with E-state index in [-0.39, 0.29) is 17.0 Å². The molecule has 0 fully saturated rings. The van der Waals surface area contributed by atoms with Gasteiger partial charge in [0.15, 0.2) is 11.5 Å². The highest BCUT2D eigenvalue weighted by Crippen LogP contribution is 2.30. The lowest BCUT2D eigenvalue weighted by molar-refractivity contribution is 0.103. The van der Waals surface area contributed by atoms with Crippen LogP contribution in [0.4, 0.5) is 4.39 Å². The number of aromatic nitrogens is 2. The maximum atomic E-state index is 13.4. The van der Waals surface area contributed by atoms with E-state index in [2.05, 4.69) is 11.2 Å². The number of halogens is 2. The summed E-state index contributed by atoms with van der Waals surface area (Å²) in [5.74, 6) is -0.762. The van der Waals surface area contributed by atoms with Crippen molar-refractivity contribution in [3.05, 3.63) is 107 Å². The molecule has 29 heavy (non-hydrogen) atoms. The van der Waals surface area contributed by atoms with Crippen LogP contribution >= 0.6 is 11.6 Å². The summed E-state index contributed by atoms with van der Waals surface area (Å²) in [6, 6.07) is 23.2. The monoisotopic (exact) mass is 401 g/mol. The van der Waals surface area contributed by atoms with Crippen molar-refractivity contribution >= 4 is 17.4 Å². The Balaban J connectivity index is 1.97. The summed E-state index contributed by atoms with van der Waals surface area (Å²) in [5, 5.41) is 14.9. The van der Waals surface area contributed by atoms with Gasteiger partial charge in [0.25, 0.3) is 0 Å². The van der Waals surface area contributed by atoms with Gasteiger partial charge < -0.3 is 0 Å². The van der Waals surface area contributed by atoms with Crippen molar-refractivity contribution < 1.29 is 9.18 Å². The third-order valence-corrected chi connectivity index (χ3v) is 4.70. The van der Waals surface area contributed by atoms with E-state index < -0.39 is 5.82 Å². The Bertz CT molecular complexity index is 1220. The normalized spacial score (nSPS) is 10.5. The zero-order chi connectivity index (χ0) is 20.4. The first-order valence-corrected chi connectivity index (χ1v) is 9.11. The van der Waals surface area contributed by atoms with Gasteiger partial charge in [-0.2, -0.15) is 10.4 Å². The van der Waals surface area contributed by atoms with E-state index in [1.54, 1.807) is 36.4 Å². The zero-order valence-electron chi connectivity index (χ0n) is 15.0. The fourth-order valence-electron chi connectivity index (χ4n) is 3.05. The second-order valence-corrected chi connectivity index (χ2v) is 6.71. The number of benzene rings is 3. The van der Waals surface area contributed by atoms with Gasteiger partial charge >= 0.3 is 0 Å². The summed E-state index contributed by atoms with van der Waals surface area (Å²) in [7, 11) is 0. The molecule has 0 N–H and O–H groups in total. The van der Waals surface area contributed by atoms with E-state index >= 15 is 0 Å². The SMILES string of the molecule is N#Cc1c(C(=O)c2ccc(Cl)cc2)c(-c2ccc(F)cc2)nn1-c1ccccc1. The highest BCUT2D eigenvalue weighted by atomic mass is 35.5. The number of para-hydroxylation sites is 1. The zero-order valence-corrected chi connectivity index (χ0v) is 15.8. The van der Waals surface area contributed by atoms with E-state index in [1.165, 1.54) is 28.9 Å². The van der Waals surface area contributed by atoms with Crippen LogP contribution in [0.3, 0.4) is 0 Å². The Morgan fingerprint density at radius 1 is 0.966 bits per heavy atom. The molecule has 4 nitrogen and oxygen atoms in total. The molecule has 6 heteroatoms. The predicted molar refractivity (Wildman–Crippen MR) is 109 cm³/mol. The molecule has 0 spiro atoms. The average molecular weight is 402 g/mol. The standard InChI is InChI=1S/C23H13ClFN3O/c24-17-10-6-16(7-11-17)23(29)21-20(14-26)28(19-4-2-1-3-5-19)27-22(21)15-8-12-18(25)13-9-15/h1-13H. The second-order valence-electron chi connectivity index (χ2n) is 6.27. The number of hydrogen-bond acceptors (Lipinski definition) is 3. The van der Waals surface area contributed by atoms with Crippen LogP contribution in [0.15, 0.2) is 78.9 Å². The van der Waals surface area contributed by atoms with Gasteiger partial charge in [-0.05, 0) is 60.7 Å². The van der Waals surface area contributed by atoms with E-state index in [0.717, 1.165) is 0 Å². The number of nitrogens with zero attached hydrogens (tertiary/aromatic N) is 3. The fourth-order valence-corrected chi connectivity index (χ4v) is 3.17. The molecule has 4 aromatic rings. The van der Waals surface area contributed by atoms with Crippen LogP contribution in [0.5, 0.6) is 0 Å². The summed E-state index contributed by atoms with van der Waals surface area (Å²) in [6.07, 6.45) is 0. The van der Waals surface area contributed by atoms with Crippen molar-refractivity contribution in [3.8, 4) is 23.0 Å². The Morgan fingerprint density at radius 2 is 1.62 bits per heavy atom. The van der Waals surface area contributed by atoms with Gasteiger partial charge in [0.05, 0.1) is 11.3 Å². The van der Waals surface area contributed by atoms with E-state index in [1.807, 2.05) is 18.2 Å². The first-order chi connectivity index (χ1) is 14.1. The Kier molecular flexibility index (Phi) is 4.94. The van der Waals surface area contributed by atoms with Gasteiger partial charge in [-0.1, -0.05) is 29.8 Å². The molecule has 1 aromatic heterocycles.